The molecule has 1 heterocycles. The highest BCUT2D eigenvalue weighted by atomic mass is 32.2. The number of ether oxygens (including phenoxy) is 1. The molecule has 106 valence electrons. The molecule has 6 heteroatoms. The molecule has 0 aromatic heterocycles. The molecular weight excluding hydrogens is 266 g/mol. The van der Waals surface area contributed by atoms with Crippen LogP contribution in [0.5, 0.6) is 5.75 Å². The van der Waals surface area contributed by atoms with Crippen LogP contribution < -0.4 is 4.72 Å². The zero-order valence-corrected chi connectivity index (χ0v) is 11.7. The van der Waals surface area contributed by atoms with Gasteiger partial charge in [0.25, 0.3) is 0 Å². The van der Waals surface area contributed by atoms with Crippen LogP contribution in [0.25, 0.3) is 0 Å². The first-order chi connectivity index (χ1) is 8.91. The lowest BCUT2D eigenvalue weighted by atomic mass is 9.83. The van der Waals surface area contributed by atoms with Crippen LogP contribution in [0.3, 0.4) is 0 Å². The number of aromatic hydroxyl groups is 1. The average molecular weight is 285 g/mol. The predicted octanol–water partition coefficient (Wildman–Crippen LogP) is 1.49. The summed E-state index contributed by atoms with van der Waals surface area (Å²) >= 11 is 0. The van der Waals surface area contributed by atoms with Crippen molar-refractivity contribution in [1.82, 2.24) is 4.72 Å². The van der Waals surface area contributed by atoms with Gasteiger partial charge in [0.2, 0.25) is 10.0 Å². The van der Waals surface area contributed by atoms with E-state index in [2.05, 4.69) is 11.6 Å². The normalized spacial score (nSPS) is 19.2. The minimum Gasteiger partial charge on any atom is -0.508 e. The molecule has 2 rings (SSSR count). The van der Waals surface area contributed by atoms with E-state index < -0.39 is 10.0 Å². The van der Waals surface area contributed by atoms with Crippen LogP contribution in [0, 0.1) is 5.41 Å². The highest BCUT2D eigenvalue weighted by Gasteiger charge is 2.29. The molecule has 5 nitrogen and oxygen atoms in total. The van der Waals surface area contributed by atoms with Gasteiger partial charge in [0.15, 0.2) is 0 Å². The van der Waals surface area contributed by atoms with Gasteiger partial charge < -0.3 is 9.84 Å². The molecule has 1 aromatic rings. The second-order valence-electron chi connectivity index (χ2n) is 5.24. The fourth-order valence-electron chi connectivity index (χ4n) is 2.02. The maximum absolute atomic E-state index is 12.1. The molecule has 2 N–H and O–H groups in total. The van der Waals surface area contributed by atoms with Crippen molar-refractivity contribution in [3.8, 4) is 5.75 Å². The number of sulfonamides is 1. The summed E-state index contributed by atoms with van der Waals surface area (Å²) in [5, 5.41) is 9.17. The zero-order chi connectivity index (χ0) is 13.9. The smallest absolute Gasteiger partial charge is 0.240 e. The van der Waals surface area contributed by atoms with E-state index in [4.69, 9.17) is 9.84 Å². The summed E-state index contributed by atoms with van der Waals surface area (Å²) < 4.78 is 32.1. The molecule has 1 aliphatic heterocycles. The van der Waals surface area contributed by atoms with Crippen LogP contribution in [0.1, 0.15) is 19.8 Å². The van der Waals surface area contributed by atoms with Crippen LogP contribution in [-0.4, -0.2) is 33.3 Å². The third-order valence-electron chi connectivity index (χ3n) is 3.54. The third-order valence-corrected chi connectivity index (χ3v) is 4.95. The number of phenols is 1. The van der Waals surface area contributed by atoms with Crippen LogP contribution in [-0.2, 0) is 14.8 Å². The molecular formula is C13H19NO4S. The van der Waals surface area contributed by atoms with Crippen molar-refractivity contribution in [3.05, 3.63) is 24.3 Å². The summed E-state index contributed by atoms with van der Waals surface area (Å²) in [7, 11) is -3.52. The van der Waals surface area contributed by atoms with Crippen molar-refractivity contribution >= 4 is 10.0 Å². The summed E-state index contributed by atoms with van der Waals surface area (Å²) in [6.45, 7) is 3.82. The molecule has 1 aliphatic rings. The first kappa shape index (κ1) is 14.3. The van der Waals surface area contributed by atoms with E-state index in [0.29, 0.717) is 19.8 Å². The summed E-state index contributed by atoms with van der Waals surface area (Å²) in [6, 6.07) is 5.52. The van der Waals surface area contributed by atoms with Gasteiger partial charge in [0, 0.05) is 19.8 Å². The maximum atomic E-state index is 12.1. The predicted molar refractivity (Wildman–Crippen MR) is 71.5 cm³/mol. The Bertz CT molecular complexity index is 518. The SMILES string of the molecule is CC1(CNS(=O)(=O)c2ccc(O)cc2)CCOCC1. The largest absolute Gasteiger partial charge is 0.508 e. The van der Waals surface area contributed by atoms with Crippen LogP contribution >= 0.6 is 0 Å². The van der Waals surface area contributed by atoms with Gasteiger partial charge in [-0.25, -0.2) is 13.1 Å². The topological polar surface area (TPSA) is 75.6 Å². The number of hydrogen-bond donors (Lipinski definition) is 2. The van der Waals surface area contributed by atoms with Gasteiger partial charge in [-0.05, 0) is 42.5 Å². The van der Waals surface area contributed by atoms with Gasteiger partial charge in [-0.3, -0.25) is 0 Å². The lowest BCUT2D eigenvalue weighted by molar-refractivity contribution is 0.0264. The van der Waals surface area contributed by atoms with Gasteiger partial charge in [-0.15, -0.1) is 0 Å². The molecule has 0 spiro atoms. The number of nitrogens with one attached hydrogen (secondary N) is 1. The van der Waals surface area contributed by atoms with E-state index in [9.17, 15) is 8.42 Å². The van der Waals surface area contributed by atoms with Crippen molar-refractivity contribution in [2.24, 2.45) is 5.41 Å². The Morgan fingerprint density at radius 2 is 1.84 bits per heavy atom. The Kier molecular flexibility index (Phi) is 4.13. The highest BCUT2D eigenvalue weighted by Crippen LogP contribution is 2.29. The summed E-state index contributed by atoms with van der Waals surface area (Å²) in [5.74, 6) is 0.0512. The maximum Gasteiger partial charge on any atom is 0.240 e. The zero-order valence-electron chi connectivity index (χ0n) is 10.9. The van der Waals surface area contributed by atoms with Crippen LogP contribution in [0.4, 0.5) is 0 Å². The van der Waals surface area contributed by atoms with E-state index in [1.54, 1.807) is 0 Å². The van der Waals surface area contributed by atoms with Gasteiger partial charge >= 0.3 is 0 Å². The minimum absolute atomic E-state index is 0.0512. The van der Waals surface area contributed by atoms with Crippen LogP contribution in [0.2, 0.25) is 0 Å². The van der Waals surface area contributed by atoms with Gasteiger partial charge in [-0.2, -0.15) is 0 Å². The second kappa shape index (κ2) is 5.48. The highest BCUT2D eigenvalue weighted by molar-refractivity contribution is 7.89. The van der Waals surface area contributed by atoms with E-state index in [1.165, 1.54) is 24.3 Å². The standard InChI is InChI=1S/C13H19NO4S/c1-13(6-8-18-9-7-13)10-14-19(16,17)12-4-2-11(15)3-5-12/h2-5,14-15H,6-10H2,1H3. The van der Waals surface area contributed by atoms with E-state index in [1.807, 2.05) is 0 Å². The number of hydrogen-bond acceptors (Lipinski definition) is 4. The summed E-state index contributed by atoms with van der Waals surface area (Å²) in [4.78, 5) is 0.168. The average Bonchev–Trinajstić information content (AvgIpc) is 2.38. The molecule has 1 saturated heterocycles. The third kappa shape index (κ3) is 3.68. The van der Waals surface area contributed by atoms with Gasteiger partial charge in [0.05, 0.1) is 4.90 Å². The molecule has 0 bridgehead atoms. The molecule has 0 saturated carbocycles. The Morgan fingerprint density at radius 1 is 1.26 bits per heavy atom. The summed E-state index contributed by atoms with van der Waals surface area (Å²) in [5.41, 5.74) is -0.0533. The number of phenolic OH excluding ortho intramolecular Hbond substituents is 1. The molecule has 0 unspecified atom stereocenters. The fraction of sp³-hybridized carbons (Fsp3) is 0.538. The molecule has 1 aromatic carbocycles. The monoisotopic (exact) mass is 285 g/mol. The van der Waals surface area contributed by atoms with E-state index >= 15 is 0 Å². The van der Waals surface area contributed by atoms with Gasteiger partial charge in [0.1, 0.15) is 5.75 Å². The quantitative estimate of drug-likeness (QED) is 0.879. The molecule has 0 radical (unpaired) electrons. The lowest BCUT2D eigenvalue weighted by Gasteiger charge is -2.33. The Hall–Kier alpha value is -1.11. The fourth-order valence-corrected chi connectivity index (χ4v) is 3.22. The molecule has 1 fully saturated rings. The molecule has 0 aliphatic carbocycles. The Morgan fingerprint density at radius 3 is 2.42 bits per heavy atom. The van der Waals surface area contributed by atoms with Crippen molar-refractivity contribution in [2.75, 3.05) is 19.8 Å². The van der Waals surface area contributed by atoms with Crippen LogP contribution in [0.15, 0.2) is 29.2 Å². The lowest BCUT2D eigenvalue weighted by Crippen LogP contribution is -2.39. The van der Waals surface area contributed by atoms with Crippen molar-refractivity contribution < 1.29 is 18.3 Å². The Balaban J connectivity index is 2.03. The molecule has 0 atom stereocenters. The second-order valence-corrected chi connectivity index (χ2v) is 7.01. The molecule has 19 heavy (non-hydrogen) atoms. The minimum atomic E-state index is -3.52. The molecule has 0 amide bonds. The van der Waals surface area contributed by atoms with E-state index in [0.717, 1.165) is 12.8 Å². The van der Waals surface area contributed by atoms with Crippen molar-refractivity contribution in [1.29, 1.82) is 0 Å². The first-order valence-electron chi connectivity index (χ1n) is 6.28. The van der Waals surface area contributed by atoms with E-state index in [-0.39, 0.29) is 16.1 Å². The van der Waals surface area contributed by atoms with Crippen molar-refractivity contribution in [3.63, 3.8) is 0 Å². The summed E-state index contributed by atoms with van der Waals surface area (Å²) in [6.07, 6.45) is 1.70. The first-order valence-corrected chi connectivity index (χ1v) is 7.76. The number of rotatable bonds is 4. The van der Waals surface area contributed by atoms with Crippen molar-refractivity contribution in [2.45, 2.75) is 24.7 Å². The number of benzene rings is 1. The Labute approximate surface area is 113 Å². The van der Waals surface area contributed by atoms with Gasteiger partial charge in [-0.1, -0.05) is 6.92 Å².